The fraction of sp³-hybridized carbons (Fsp3) is 0.324. The number of nitrogens with zero attached hydrogens (tertiary/aromatic N) is 8. The first kappa shape index (κ1) is 50.9. The van der Waals surface area contributed by atoms with Crippen LogP contribution in [0.1, 0.15) is 11.5 Å². The van der Waals surface area contributed by atoms with Gasteiger partial charge < -0.3 is 56.2 Å². The first-order valence-electron chi connectivity index (χ1n) is 18.1. The molecule has 27 nitrogen and oxygen atoms in total. The Bertz CT molecular complexity index is 2640. The number of oxime groups is 2. The third-order valence-corrected chi connectivity index (χ3v) is 13.5. The number of amides is 5. The van der Waals surface area contributed by atoms with Crippen molar-refractivity contribution in [3.05, 3.63) is 68.1 Å². The number of nitrogens with one attached hydrogen (secondary N) is 2. The fourth-order valence-corrected chi connectivity index (χ4v) is 10.5. The molecule has 9 N–H and O–H groups in total. The van der Waals surface area contributed by atoms with Gasteiger partial charge in [-0.25, -0.2) is 24.0 Å². The molecule has 7 rings (SSSR count). The van der Waals surface area contributed by atoms with Crippen molar-refractivity contribution >= 4 is 134 Å². The third kappa shape index (κ3) is 10.8. The Hall–Kier alpha value is -6.12. The summed E-state index contributed by atoms with van der Waals surface area (Å²) in [5, 5.41) is 45.3. The Kier molecular flexibility index (Phi) is 16.9. The van der Waals surface area contributed by atoms with Gasteiger partial charge in [0, 0.05) is 35.3 Å². The van der Waals surface area contributed by atoms with Gasteiger partial charge in [0.1, 0.15) is 60.7 Å². The number of primary amides is 1. The van der Waals surface area contributed by atoms with Crippen molar-refractivity contribution in [3.63, 3.8) is 0 Å². The van der Waals surface area contributed by atoms with Crippen LogP contribution in [-0.2, 0) is 50.2 Å². The number of hydrogen-bond donors (Lipinski definition) is 7. The van der Waals surface area contributed by atoms with E-state index in [1.165, 1.54) is 67.2 Å². The number of thiazole rings is 1. The van der Waals surface area contributed by atoms with E-state index in [1.54, 1.807) is 6.07 Å². The summed E-state index contributed by atoms with van der Waals surface area (Å²) in [6.07, 6.45) is 0.290. The van der Waals surface area contributed by atoms with E-state index in [0.29, 0.717) is 5.57 Å². The Morgan fingerprint density at radius 1 is 0.924 bits per heavy atom. The van der Waals surface area contributed by atoms with Gasteiger partial charge >= 0.3 is 53.1 Å². The van der Waals surface area contributed by atoms with Crippen LogP contribution >= 0.6 is 46.6 Å². The fourth-order valence-electron chi connectivity index (χ4n) is 6.28. The van der Waals surface area contributed by atoms with Crippen molar-refractivity contribution in [2.24, 2.45) is 23.1 Å². The normalized spacial score (nSPS) is 20.0. The van der Waals surface area contributed by atoms with Crippen molar-refractivity contribution in [1.82, 2.24) is 40.2 Å². The molecule has 0 bridgehead atoms. The predicted octanol–water partition coefficient (Wildman–Crippen LogP) is -2.38. The van der Waals surface area contributed by atoms with E-state index in [4.69, 9.17) is 20.7 Å². The summed E-state index contributed by atoms with van der Waals surface area (Å²) >= 11 is 4.62. The number of aliphatic carboxylic acids is 2. The molecule has 0 saturated carbocycles. The Labute approximate surface area is 408 Å². The zero-order chi connectivity index (χ0) is 47.3. The molecule has 346 valence electrons. The molecule has 5 amide bonds. The van der Waals surface area contributed by atoms with Gasteiger partial charge in [0.2, 0.25) is 5.71 Å². The summed E-state index contributed by atoms with van der Waals surface area (Å²) in [5.41, 5.74) is 9.61. The van der Waals surface area contributed by atoms with Crippen molar-refractivity contribution in [1.29, 1.82) is 0 Å². The monoisotopic (exact) mass is 1000 g/mol. The second-order valence-electron chi connectivity index (χ2n) is 13.1. The van der Waals surface area contributed by atoms with Crippen molar-refractivity contribution in [2.75, 3.05) is 43.8 Å². The van der Waals surface area contributed by atoms with Crippen LogP contribution in [0.25, 0.3) is 0 Å². The number of aromatic nitrogens is 4. The first-order valence-corrected chi connectivity index (χ1v) is 22.0. The summed E-state index contributed by atoms with van der Waals surface area (Å²) in [4.78, 5) is 116. The van der Waals surface area contributed by atoms with Crippen LogP contribution in [0.2, 0.25) is 0 Å². The second-order valence-corrected chi connectivity index (χ2v) is 17.1. The average Bonchev–Trinajstić information content (AvgIpc) is 3.97. The van der Waals surface area contributed by atoms with Crippen LogP contribution in [-0.4, -0.2) is 188 Å². The quantitative estimate of drug-likeness (QED) is 0.0275. The number of furan rings is 1. The molecule has 0 spiro atoms. The SMILES string of the molecule is CO/N=C(/C(=O)N[C@@H]1C(=O)N2C(C(=O)O)=C(COC(N)=O)CS[C@H]12)c1ccco1.CO/N=C(\C(=O)N[C@@H]1C(=O)N2C(C(=O)O)=C(CSc3nc(=O)c(O)nn3C)CS[C@H]12)c1csc(N)n1.[NaH]. The molecule has 7 heterocycles. The molecular weight excluding hydrogens is 968 g/mol. The molecule has 2 fully saturated rings. The molecule has 2 saturated heterocycles. The van der Waals surface area contributed by atoms with E-state index in [-0.39, 0.29) is 104 Å². The van der Waals surface area contributed by atoms with E-state index < -0.39 is 75.9 Å². The first-order chi connectivity index (χ1) is 31.0. The van der Waals surface area contributed by atoms with Gasteiger partial charge in [0.25, 0.3) is 29.5 Å². The summed E-state index contributed by atoms with van der Waals surface area (Å²) in [7, 11) is 3.98. The molecule has 0 aliphatic carbocycles. The third-order valence-electron chi connectivity index (χ3n) is 9.06. The van der Waals surface area contributed by atoms with Crippen molar-refractivity contribution < 1.29 is 67.7 Å². The van der Waals surface area contributed by atoms with Crippen LogP contribution < -0.4 is 27.7 Å². The number of aromatic hydroxyl groups is 1. The zero-order valence-electron chi connectivity index (χ0n) is 33.6. The van der Waals surface area contributed by atoms with Gasteiger partial charge in [-0.3, -0.25) is 33.8 Å². The number of rotatable bonds is 15. The number of thioether (sulfide) groups is 3. The number of carboxylic acids is 2. The molecule has 3 aromatic heterocycles. The van der Waals surface area contributed by atoms with Gasteiger partial charge in [-0.2, -0.15) is 4.98 Å². The predicted molar refractivity (Wildman–Crippen MR) is 234 cm³/mol. The van der Waals surface area contributed by atoms with Crippen LogP contribution in [0, 0.1) is 0 Å². The van der Waals surface area contributed by atoms with E-state index in [9.17, 15) is 53.7 Å². The van der Waals surface area contributed by atoms with Crippen molar-refractivity contribution in [3.8, 4) is 5.88 Å². The Morgan fingerprint density at radius 2 is 1.48 bits per heavy atom. The van der Waals surface area contributed by atoms with E-state index >= 15 is 0 Å². The zero-order valence-corrected chi connectivity index (χ0v) is 36.8. The van der Waals surface area contributed by atoms with Gasteiger partial charge in [0.05, 0.1) is 6.26 Å². The van der Waals surface area contributed by atoms with Crippen LogP contribution in [0.15, 0.2) is 71.0 Å². The number of nitrogen functional groups attached to an aromatic ring is 1. The number of nitrogens with two attached hydrogens (primary N) is 2. The Balaban J connectivity index is 0.000000249. The standard InChI is InChI=1S/C18H18N8O7S3.C16H16N4O8S.Na.H/c1-25-18(22-12(28)13(29)23-25)36-4-6-3-34-15-9(14(30)26(15)10(6)16(31)32)21-11(27)8(24-33-2)7-5-35-17(19)20-7;1-26-19-9(8-3-2-4-27-8)12(21)18-10-13(22)20-11(15(23)24)7(5-28-16(17)25)6-29-14(10)20;;/h5,9,15H,3-4H2,1-2H3,(H2,19,20)(H,21,27)(H,23,29)(H,31,32);2-4,10,14H,5-6H2,1H3,(H2,17,25)(H,18,21)(H,23,24);;/b24-8-;19-9+;;/t9-,15-;10-,14-;;/m11../s1. The average molecular weight is 1000 g/mol. The molecule has 4 atom stereocenters. The van der Waals surface area contributed by atoms with Crippen LogP contribution in [0.3, 0.4) is 0 Å². The van der Waals surface area contributed by atoms with Gasteiger partial charge in [-0.1, -0.05) is 22.1 Å². The Morgan fingerprint density at radius 3 is 2.00 bits per heavy atom. The molecule has 4 aliphatic rings. The summed E-state index contributed by atoms with van der Waals surface area (Å²) in [6, 6.07) is 1.09. The number of carboxylic acid groups (broad SMARTS) is 2. The van der Waals surface area contributed by atoms with Crippen LogP contribution in [0.4, 0.5) is 9.93 Å². The summed E-state index contributed by atoms with van der Waals surface area (Å²) < 4.78 is 11.0. The number of carbonyl (C=O) groups excluding carboxylic acids is 5. The number of hydrogen-bond acceptors (Lipinski definition) is 23. The van der Waals surface area contributed by atoms with Gasteiger partial charge in [-0.15, -0.1) is 40.0 Å². The summed E-state index contributed by atoms with van der Waals surface area (Å²) in [5.74, 6) is -5.42. The minimum atomic E-state index is -1.35. The molecule has 66 heavy (non-hydrogen) atoms. The second kappa shape index (κ2) is 21.9. The van der Waals surface area contributed by atoms with E-state index in [0.717, 1.165) is 32.9 Å². The van der Waals surface area contributed by atoms with E-state index in [1.807, 2.05) is 0 Å². The number of ether oxygens (including phenoxy) is 1. The molecule has 0 radical (unpaired) electrons. The number of carbonyl (C=O) groups is 7. The van der Waals surface area contributed by atoms with Gasteiger partial charge in [0.15, 0.2) is 21.8 Å². The van der Waals surface area contributed by atoms with Gasteiger partial charge in [-0.05, 0) is 17.7 Å². The van der Waals surface area contributed by atoms with Crippen molar-refractivity contribution in [2.45, 2.75) is 28.0 Å². The van der Waals surface area contributed by atoms with Crippen LogP contribution in [0.5, 0.6) is 5.88 Å². The summed E-state index contributed by atoms with van der Waals surface area (Å²) in [6.45, 7) is -0.347. The number of aryl methyl sites for hydroxylation is 1. The van der Waals surface area contributed by atoms with E-state index in [2.05, 4.69) is 45.6 Å². The maximum atomic E-state index is 12.9. The molecule has 32 heteroatoms. The number of anilines is 1. The number of β-lactam (4-membered cyclic amide) rings is 2. The maximum absolute atomic E-state index is 12.9. The number of fused-ring (bicyclic) bond motifs is 2. The molecule has 3 aromatic rings. The molecule has 0 aromatic carbocycles. The molecule has 0 unspecified atom stereocenters. The molecule has 4 aliphatic heterocycles. The minimum absolute atomic E-state index is 0. The molecular formula is C34H35N12NaO15S4. The topological polar surface area (TPSA) is 389 Å².